The van der Waals surface area contributed by atoms with Gasteiger partial charge in [0.05, 0.1) is 31.7 Å². The Hall–Kier alpha value is -4.11. The third-order valence-corrected chi connectivity index (χ3v) is 7.32. The third-order valence-electron chi connectivity index (χ3n) is 6.17. The molecular formula is C28H26N4O4S. The molecule has 9 heteroatoms. The largest absolute Gasteiger partial charge is 0.497 e. The van der Waals surface area contributed by atoms with Crippen LogP contribution in [0.2, 0.25) is 0 Å². The quantitative estimate of drug-likeness (QED) is 0.483. The molecule has 2 heterocycles. The highest BCUT2D eigenvalue weighted by Crippen LogP contribution is 2.39. The van der Waals surface area contributed by atoms with Crippen molar-refractivity contribution < 1.29 is 19.1 Å². The van der Waals surface area contributed by atoms with E-state index in [1.807, 2.05) is 71.7 Å². The maximum atomic E-state index is 12.8. The number of methoxy groups -OCH3 is 2. The molecule has 0 aromatic heterocycles. The molecule has 0 fully saturated rings. The van der Waals surface area contributed by atoms with E-state index < -0.39 is 5.25 Å². The molecule has 0 saturated heterocycles. The van der Waals surface area contributed by atoms with Crippen molar-refractivity contribution in [2.45, 2.75) is 24.1 Å². The number of aliphatic imine (C=N–C) groups is 1. The molecule has 3 aromatic carbocycles. The summed E-state index contributed by atoms with van der Waals surface area (Å²) in [5, 5.41) is 9.39. The number of thioether (sulfide) groups is 1. The molecule has 37 heavy (non-hydrogen) atoms. The lowest BCUT2D eigenvalue weighted by Gasteiger charge is -2.23. The fourth-order valence-electron chi connectivity index (χ4n) is 4.32. The van der Waals surface area contributed by atoms with E-state index in [4.69, 9.17) is 14.6 Å². The zero-order valence-corrected chi connectivity index (χ0v) is 21.3. The van der Waals surface area contributed by atoms with Crippen molar-refractivity contribution in [3.63, 3.8) is 0 Å². The molecule has 0 unspecified atom stereocenters. The van der Waals surface area contributed by atoms with Crippen molar-refractivity contribution in [1.82, 2.24) is 5.01 Å². The van der Waals surface area contributed by atoms with Crippen molar-refractivity contribution in [3.8, 4) is 11.5 Å². The van der Waals surface area contributed by atoms with E-state index in [-0.39, 0.29) is 24.3 Å². The summed E-state index contributed by atoms with van der Waals surface area (Å²) in [7, 11) is 3.18. The lowest BCUT2D eigenvalue weighted by molar-refractivity contribution is -0.121. The predicted octanol–water partition coefficient (Wildman–Crippen LogP) is 4.88. The average molecular weight is 515 g/mol. The molecule has 2 aliphatic rings. The van der Waals surface area contributed by atoms with Gasteiger partial charge < -0.3 is 14.8 Å². The summed E-state index contributed by atoms with van der Waals surface area (Å²) in [6.07, 6.45) is 0.634. The number of hydrogen-bond acceptors (Lipinski definition) is 7. The number of carbonyl (C=O) groups is 2. The van der Waals surface area contributed by atoms with Gasteiger partial charge in [-0.3, -0.25) is 9.59 Å². The van der Waals surface area contributed by atoms with Gasteiger partial charge in [0.25, 0.3) is 5.91 Å². The number of amidine groups is 1. The number of nitrogens with one attached hydrogen (secondary N) is 1. The number of hydrazone groups is 1. The van der Waals surface area contributed by atoms with Gasteiger partial charge in [-0.05, 0) is 29.8 Å². The Labute approximate surface area is 219 Å². The van der Waals surface area contributed by atoms with E-state index in [2.05, 4.69) is 10.3 Å². The minimum atomic E-state index is -0.628. The van der Waals surface area contributed by atoms with Crippen LogP contribution in [0.5, 0.6) is 11.5 Å². The molecule has 2 aliphatic heterocycles. The minimum Gasteiger partial charge on any atom is -0.497 e. The first-order valence-electron chi connectivity index (χ1n) is 11.8. The number of para-hydroxylation sites is 2. The van der Waals surface area contributed by atoms with Crippen LogP contribution in [0.1, 0.15) is 30.0 Å². The van der Waals surface area contributed by atoms with Crippen molar-refractivity contribution in [2.75, 3.05) is 19.5 Å². The monoisotopic (exact) mass is 514 g/mol. The van der Waals surface area contributed by atoms with Crippen LogP contribution in [0, 0.1) is 0 Å². The van der Waals surface area contributed by atoms with Gasteiger partial charge in [0, 0.05) is 18.4 Å². The Balaban J connectivity index is 1.35. The van der Waals surface area contributed by atoms with Crippen LogP contribution >= 0.6 is 11.8 Å². The third kappa shape index (κ3) is 5.36. The molecular weight excluding hydrogens is 488 g/mol. The molecule has 0 bridgehead atoms. The molecule has 2 atom stereocenters. The second kappa shape index (κ2) is 10.9. The Morgan fingerprint density at radius 2 is 1.81 bits per heavy atom. The summed E-state index contributed by atoms with van der Waals surface area (Å²) in [6.45, 7) is 0. The van der Waals surface area contributed by atoms with Crippen LogP contribution < -0.4 is 14.8 Å². The number of ether oxygens (including phenoxy) is 2. The van der Waals surface area contributed by atoms with Gasteiger partial charge in [0.2, 0.25) is 5.91 Å². The maximum Gasteiger partial charge on any atom is 0.262 e. The molecule has 0 aliphatic carbocycles. The predicted molar refractivity (Wildman–Crippen MR) is 145 cm³/mol. The number of anilines is 1. The first-order chi connectivity index (χ1) is 18.1. The normalized spacial score (nSPS) is 18.9. The molecule has 8 nitrogen and oxygen atoms in total. The maximum absolute atomic E-state index is 12.8. The standard InChI is InChI=1S/C28H26N4O4S/c1-35-20-12-8-11-19(15-20)22-16-23(18-9-4-3-5-10-18)32(31-22)28-30-27(34)25(37-28)17-26(33)29-21-13-6-7-14-24(21)36-2/h3-15,23,25H,16-17H2,1-2H3,(H,29,33)/t23-,25+/m1/s1. The van der Waals surface area contributed by atoms with E-state index in [0.29, 0.717) is 23.0 Å². The van der Waals surface area contributed by atoms with Crippen LogP contribution in [0.15, 0.2) is 89.0 Å². The summed E-state index contributed by atoms with van der Waals surface area (Å²) in [6, 6.07) is 24.8. The van der Waals surface area contributed by atoms with Gasteiger partial charge >= 0.3 is 0 Å². The molecule has 2 amide bonds. The highest BCUT2D eigenvalue weighted by atomic mass is 32.2. The van der Waals surface area contributed by atoms with Crippen LogP contribution in [0.4, 0.5) is 5.69 Å². The molecule has 1 N–H and O–H groups in total. The first kappa shape index (κ1) is 24.6. The van der Waals surface area contributed by atoms with Gasteiger partial charge in [0.15, 0.2) is 5.17 Å². The van der Waals surface area contributed by atoms with Crippen molar-refractivity contribution in [3.05, 3.63) is 90.0 Å². The summed E-state index contributed by atoms with van der Waals surface area (Å²) in [5.41, 5.74) is 3.45. The number of rotatable bonds is 7. The van der Waals surface area contributed by atoms with Gasteiger partial charge in [-0.1, -0.05) is 66.4 Å². The van der Waals surface area contributed by atoms with E-state index in [9.17, 15) is 9.59 Å². The molecule has 5 rings (SSSR count). The van der Waals surface area contributed by atoms with E-state index in [0.717, 1.165) is 22.6 Å². The molecule has 3 aromatic rings. The summed E-state index contributed by atoms with van der Waals surface area (Å²) in [4.78, 5) is 29.9. The Bertz CT molecular complexity index is 1380. The zero-order valence-electron chi connectivity index (χ0n) is 20.5. The van der Waals surface area contributed by atoms with Crippen molar-refractivity contribution in [1.29, 1.82) is 0 Å². The van der Waals surface area contributed by atoms with E-state index >= 15 is 0 Å². The van der Waals surface area contributed by atoms with E-state index in [1.54, 1.807) is 26.4 Å². The number of hydrogen-bond donors (Lipinski definition) is 1. The van der Waals surface area contributed by atoms with Crippen LogP contribution in [-0.2, 0) is 9.59 Å². The van der Waals surface area contributed by atoms with Crippen LogP contribution in [0.25, 0.3) is 0 Å². The zero-order chi connectivity index (χ0) is 25.8. The topological polar surface area (TPSA) is 92.6 Å². The van der Waals surface area contributed by atoms with Gasteiger partial charge in [-0.15, -0.1) is 0 Å². The summed E-state index contributed by atoms with van der Waals surface area (Å²) < 4.78 is 10.7. The summed E-state index contributed by atoms with van der Waals surface area (Å²) in [5.74, 6) is 0.680. The average Bonchev–Trinajstić information content (AvgIpc) is 3.53. The smallest absolute Gasteiger partial charge is 0.262 e. The number of nitrogens with zero attached hydrogens (tertiary/aromatic N) is 3. The SMILES string of the molecule is COc1cccc(C2=NN(C3=NC(=O)[C@H](CC(=O)Nc4ccccc4OC)S3)[C@@H](c3ccccc3)C2)c1. The summed E-state index contributed by atoms with van der Waals surface area (Å²) >= 11 is 1.27. The fourth-order valence-corrected chi connectivity index (χ4v) is 5.38. The second-order valence-electron chi connectivity index (χ2n) is 8.55. The van der Waals surface area contributed by atoms with Gasteiger partial charge in [0.1, 0.15) is 16.7 Å². The Morgan fingerprint density at radius 3 is 2.59 bits per heavy atom. The fraction of sp³-hybridized carbons (Fsp3) is 0.214. The van der Waals surface area contributed by atoms with Crippen LogP contribution in [-0.4, -0.2) is 47.2 Å². The second-order valence-corrected chi connectivity index (χ2v) is 9.72. The lowest BCUT2D eigenvalue weighted by atomic mass is 9.98. The first-order valence-corrected chi connectivity index (χ1v) is 12.7. The highest BCUT2D eigenvalue weighted by molar-refractivity contribution is 8.15. The van der Waals surface area contributed by atoms with Crippen LogP contribution in [0.3, 0.4) is 0 Å². The number of amides is 2. The molecule has 0 saturated carbocycles. The Morgan fingerprint density at radius 1 is 1.03 bits per heavy atom. The van der Waals surface area contributed by atoms with Gasteiger partial charge in [-0.2, -0.15) is 10.1 Å². The van der Waals surface area contributed by atoms with Crippen molar-refractivity contribution >= 4 is 40.1 Å². The molecule has 188 valence electrons. The molecule has 0 spiro atoms. The van der Waals surface area contributed by atoms with E-state index in [1.165, 1.54) is 11.8 Å². The lowest BCUT2D eigenvalue weighted by Crippen LogP contribution is -2.25. The highest BCUT2D eigenvalue weighted by Gasteiger charge is 2.39. The Kier molecular flexibility index (Phi) is 7.23. The minimum absolute atomic E-state index is 0.00908. The van der Waals surface area contributed by atoms with Gasteiger partial charge in [-0.25, -0.2) is 5.01 Å². The molecule has 0 radical (unpaired) electrons. The van der Waals surface area contributed by atoms with Crippen molar-refractivity contribution in [2.24, 2.45) is 10.1 Å². The number of carbonyl (C=O) groups excluding carboxylic acids is 2. The number of benzene rings is 3.